The number of para-hydroxylation sites is 1. The van der Waals surface area contributed by atoms with Gasteiger partial charge in [-0.1, -0.05) is 66.7 Å². The van der Waals surface area contributed by atoms with Crippen molar-refractivity contribution < 1.29 is 4.74 Å². The molecule has 0 unspecified atom stereocenters. The first-order valence-corrected chi connectivity index (χ1v) is 9.24. The number of hydrogen-bond acceptors (Lipinski definition) is 5. The molecule has 0 spiro atoms. The van der Waals surface area contributed by atoms with Crippen LogP contribution in [0.25, 0.3) is 11.4 Å². The summed E-state index contributed by atoms with van der Waals surface area (Å²) in [5, 5.41) is 9.11. The number of rotatable bonds is 6. The van der Waals surface area contributed by atoms with Crippen molar-refractivity contribution in [2.45, 2.75) is 0 Å². The monoisotopic (exact) mass is 383 g/mol. The number of aryl methyl sites for hydroxylation is 1. The molecular formula is C23H21N5O. The summed E-state index contributed by atoms with van der Waals surface area (Å²) >= 11 is 0. The lowest BCUT2D eigenvalue weighted by atomic mass is 10.0. The minimum atomic E-state index is 0.600. The Hall–Kier alpha value is -3.93. The number of nitrogens with zero attached hydrogens (tertiary/aromatic N) is 4. The summed E-state index contributed by atoms with van der Waals surface area (Å²) in [5.74, 6) is 1.24. The molecule has 29 heavy (non-hydrogen) atoms. The maximum absolute atomic E-state index is 5.66. The summed E-state index contributed by atoms with van der Waals surface area (Å²) in [5.41, 5.74) is 7.60. The lowest BCUT2D eigenvalue weighted by Crippen LogP contribution is -2.07. The van der Waals surface area contributed by atoms with Crippen LogP contribution in [0.2, 0.25) is 0 Å². The number of benzene rings is 3. The van der Waals surface area contributed by atoms with Gasteiger partial charge in [-0.25, -0.2) is 4.98 Å². The number of methoxy groups -OCH3 is 1. The molecule has 1 N–H and O–H groups in total. The van der Waals surface area contributed by atoms with Crippen molar-refractivity contribution in [3.8, 4) is 17.1 Å². The number of hydrogen-bond donors (Lipinski definition) is 1. The summed E-state index contributed by atoms with van der Waals surface area (Å²) in [6.45, 7) is 0. The molecule has 0 bridgehead atoms. The first-order chi connectivity index (χ1) is 14.3. The number of nitrogens with one attached hydrogen (secondary N) is 1. The maximum Gasteiger partial charge on any atom is 0.184 e. The normalized spacial score (nSPS) is 10.4. The van der Waals surface area contributed by atoms with Gasteiger partial charge in [-0.15, -0.1) is 0 Å². The van der Waals surface area contributed by atoms with Gasteiger partial charge in [-0.05, 0) is 12.1 Å². The highest BCUT2D eigenvalue weighted by molar-refractivity contribution is 6.13. The van der Waals surface area contributed by atoms with Gasteiger partial charge in [0.1, 0.15) is 6.33 Å². The molecule has 0 amide bonds. The highest BCUT2D eigenvalue weighted by Crippen LogP contribution is 2.34. The van der Waals surface area contributed by atoms with Crippen molar-refractivity contribution in [2.75, 3.05) is 12.5 Å². The molecule has 0 atom stereocenters. The molecule has 4 aromatic rings. The summed E-state index contributed by atoms with van der Waals surface area (Å²) in [6.07, 6.45) is 1.66. The molecule has 0 radical (unpaired) electrons. The third-order valence-corrected chi connectivity index (χ3v) is 4.44. The topological polar surface area (TPSA) is 64.3 Å². The summed E-state index contributed by atoms with van der Waals surface area (Å²) < 4.78 is 7.33. The van der Waals surface area contributed by atoms with Gasteiger partial charge in [0.2, 0.25) is 0 Å². The molecule has 144 valence electrons. The third-order valence-electron chi connectivity index (χ3n) is 4.44. The predicted molar refractivity (Wildman–Crippen MR) is 115 cm³/mol. The Balaban J connectivity index is 1.74. The van der Waals surface area contributed by atoms with Crippen LogP contribution < -0.4 is 10.2 Å². The summed E-state index contributed by atoms with van der Waals surface area (Å²) in [6, 6.07) is 25.9. The van der Waals surface area contributed by atoms with E-state index in [0.29, 0.717) is 11.6 Å². The van der Waals surface area contributed by atoms with Gasteiger partial charge in [0.25, 0.3) is 0 Å². The SMILES string of the molecule is COc1c(NN=C(c2ccccc2)c2ccccc2)cccc1-c1ncn(C)n1. The Bertz CT molecular complexity index is 1080. The second-order valence-electron chi connectivity index (χ2n) is 6.43. The fourth-order valence-electron chi connectivity index (χ4n) is 3.09. The van der Waals surface area contributed by atoms with Crippen molar-refractivity contribution in [3.05, 3.63) is 96.3 Å². The van der Waals surface area contributed by atoms with Crippen LogP contribution >= 0.6 is 0 Å². The highest BCUT2D eigenvalue weighted by Gasteiger charge is 2.14. The molecule has 0 saturated carbocycles. The smallest absolute Gasteiger partial charge is 0.184 e. The quantitative estimate of drug-likeness (QED) is 0.397. The van der Waals surface area contributed by atoms with Crippen LogP contribution in [0.15, 0.2) is 90.3 Å². The molecule has 0 saturated heterocycles. The van der Waals surface area contributed by atoms with E-state index in [1.165, 1.54) is 0 Å². The van der Waals surface area contributed by atoms with Gasteiger partial charge in [0, 0.05) is 18.2 Å². The van der Waals surface area contributed by atoms with Crippen molar-refractivity contribution in [1.29, 1.82) is 0 Å². The van der Waals surface area contributed by atoms with Crippen LogP contribution in [0.5, 0.6) is 5.75 Å². The van der Waals surface area contributed by atoms with Gasteiger partial charge >= 0.3 is 0 Å². The second kappa shape index (κ2) is 8.39. The van der Waals surface area contributed by atoms with E-state index in [-0.39, 0.29) is 0 Å². The van der Waals surface area contributed by atoms with Crippen molar-refractivity contribution >= 4 is 11.4 Å². The van der Waals surface area contributed by atoms with Crippen LogP contribution in [0.4, 0.5) is 5.69 Å². The molecule has 6 nitrogen and oxygen atoms in total. The van der Waals surface area contributed by atoms with E-state index in [1.54, 1.807) is 18.1 Å². The Kier molecular flexibility index (Phi) is 5.33. The zero-order valence-electron chi connectivity index (χ0n) is 16.3. The Morgan fingerprint density at radius 3 is 2.10 bits per heavy atom. The van der Waals surface area contributed by atoms with Gasteiger partial charge < -0.3 is 4.74 Å². The third kappa shape index (κ3) is 4.01. The fraction of sp³-hybridized carbons (Fsp3) is 0.0870. The second-order valence-corrected chi connectivity index (χ2v) is 6.43. The molecule has 3 aromatic carbocycles. The average molecular weight is 383 g/mol. The first kappa shape index (κ1) is 18.4. The number of ether oxygens (including phenoxy) is 1. The van der Waals surface area contributed by atoms with Gasteiger partial charge in [0.15, 0.2) is 11.6 Å². The van der Waals surface area contributed by atoms with Crippen molar-refractivity contribution in [3.63, 3.8) is 0 Å². The molecular weight excluding hydrogens is 362 g/mol. The molecule has 0 fully saturated rings. The lowest BCUT2D eigenvalue weighted by molar-refractivity contribution is 0.418. The van der Waals surface area contributed by atoms with E-state index in [0.717, 1.165) is 28.1 Å². The minimum Gasteiger partial charge on any atom is -0.494 e. The summed E-state index contributed by atoms with van der Waals surface area (Å²) in [7, 11) is 3.47. The van der Waals surface area contributed by atoms with Crippen molar-refractivity contribution in [2.24, 2.45) is 12.1 Å². The van der Waals surface area contributed by atoms with Crippen LogP contribution in [0, 0.1) is 0 Å². The molecule has 6 heteroatoms. The zero-order chi connectivity index (χ0) is 20.1. The van der Waals surface area contributed by atoms with E-state index < -0.39 is 0 Å². The van der Waals surface area contributed by atoms with E-state index in [9.17, 15) is 0 Å². The fourth-order valence-corrected chi connectivity index (χ4v) is 3.09. The van der Waals surface area contributed by atoms with E-state index in [2.05, 4.69) is 15.5 Å². The van der Waals surface area contributed by atoms with E-state index in [1.807, 2.05) is 85.9 Å². The highest BCUT2D eigenvalue weighted by atomic mass is 16.5. The lowest BCUT2D eigenvalue weighted by Gasteiger charge is -2.13. The predicted octanol–water partition coefficient (Wildman–Crippen LogP) is 4.36. The largest absolute Gasteiger partial charge is 0.494 e. The number of aromatic nitrogens is 3. The summed E-state index contributed by atoms with van der Waals surface area (Å²) in [4.78, 5) is 4.33. The van der Waals surface area contributed by atoms with Crippen LogP contribution in [0.3, 0.4) is 0 Å². The molecule has 1 aromatic heterocycles. The number of hydrazone groups is 1. The Morgan fingerprint density at radius 1 is 0.897 bits per heavy atom. The van der Waals surface area contributed by atoms with Gasteiger partial charge in [-0.2, -0.15) is 10.2 Å². The Labute approximate surface area is 169 Å². The standard InChI is InChI=1S/C23H21N5O/c1-28-16-24-23(27-28)19-14-9-15-20(22(19)29-2)25-26-21(17-10-5-3-6-11-17)18-12-7-4-8-13-18/h3-16,25H,1-2H3. The molecule has 0 aliphatic rings. The van der Waals surface area contributed by atoms with E-state index in [4.69, 9.17) is 9.84 Å². The Morgan fingerprint density at radius 2 is 1.55 bits per heavy atom. The van der Waals surface area contributed by atoms with Crippen molar-refractivity contribution in [1.82, 2.24) is 14.8 Å². The zero-order valence-corrected chi connectivity index (χ0v) is 16.3. The van der Waals surface area contributed by atoms with Crippen LogP contribution in [-0.2, 0) is 7.05 Å². The van der Waals surface area contributed by atoms with Gasteiger partial charge in [-0.3, -0.25) is 10.1 Å². The molecule has 4 rings (SSSR count). The first-order valence-electron chi connectivity index (χ1n) is 9.24. The number of anilines is 1. The molecule has 0 aliphatic heterocycles. The molecule has 1 heterocycles. The van der Waals surface area contributed by atoms with Crippen LogP contribution in [0.1, 0.15) is 11.1 Å². The van der Waals surface area contributed by atoms with Crippen LogP contribution in [-0.4, -0.2) is 27.6 Å². The molecule has 0 aliphatic carbocycles. The minimum absolute atomic E-state index is 0.600. The van der Waals surface area contributed by atoms with Gasteiger partial charge in [0.05, 0.1) is 24.1 Å². The average Bonchev–Trinajstić information content (AvgIpc) is 3.21. The van der Waals surface area contributed by atoms with E-state index >= 15 is 0 Å². The maximum atomic E-state index is 5.66.